The summed E-state index contributed by atoms with van der Waals surface area (Å²) in [6, 6.07) is 8.27. The van der Waals surface area contributed by atoms with Crippen LogP contribution in [0.5, 0.6) is 0 Å². The van der Waals surface area contributed by atoms with E-state index in [0.29, 0.717) is 0 Å². The van der Waals surface area contributed by atoms with Crippen molar-refractivity contribution in [3.8, 4) is 0 Å². The SMILES string of the molecule is CNC(Cc1ccoc1)c1cccc(Cl)c1C. The second-order valence-electron chi connectivity index (χ2n) is 4.13. The topological polar surface area (TPSA) is 25.2 Å². The molecule has 0 fully saturated rings. The third-order valence-corrected chi connectivity index (χ3v) is 3.46. The van der Waals surface area contributed by atoms with Gasteiger partial charge in [-0.2, -0.15) is 0 Å². The van der Waals surface area contributed by atoms with E-state index in [2.05, 4.69) is 18.3 Å². The van der Waals surface area contributed by atoms with Gasteiger partial charge in [0.05, 0.1) is 12.5 Å². The Labute approximate surface area is 107 Å². The Balaban J connectivity index is 2.26. The molecule has 3 heteroatoms. The molecule has 1 aromatic heterocycles. The lowest BCUT2D eigenvalue weighted by atomic mass is 9.96. The normalized spacial score (nSPS) is 12.6. The summed E-state index contributed by atoms with van der Waals surface area (Å²) < 4.78 is 5.10. The predicted molar refractivity (Wildman–Crippen MR) is 70.4 cm³/mol. The third kappa shape index (κ3) is 2.71. The molecule has 1 heterocycles. The van der Waals surface area contributed by atoms with Crippen LogP contribution in [0.25, 0.3) is 0 Å². The fourth-order valence-corrected chi connectivity index (χ4v) is 2.20. The molecule has 2 aromatic rings. The van der Waals surface area contributed by atoms with Gasteiger partial charge in [-0.25, -0.2) is 0 Å². The van der Waals surface area contributed by atoms with Crippen LogP contribution in [0.15, 0.2) is 41.2 Å². The molecule has 1 unspecified atom stereocenters. The first-order valence-electron chi connectivity index (χ1n) is 5.65. The Morgan fingerprint density at radius 2 is 2.18 bits per heavy atom. The van der Waals surface area contributed by atoms with Gasteiger partial charge in [-0.3, -0.25) is 0 Å². The Morgan fingerprint density at radius 3 is 2.82 bits per heavy atom. The lowest BCUT2D eigenvalue weighted by Gasteiger charge is -2.18. The summed E-state index contributed by atoms with van der Waals surface area (Å²) in [5.41, 5.74) is 3.56. The number of halogens is 1. The van der Waals surface area contributed by atoms with E-state index in [1.54, 1.807) is 12.5 Å². The maximum atomic E-state index is 6.15. The summed E-state index contributed by atoms with van der Waals surface area (Å²) in [6.07, 6.45) is 4.38. The fraction of sp³-hybridized carbons (Fsp3) is 0.286. The molecule has 0 amide bonds. The summed E-state index contributed by atoms with van der Waals surface area (Å²) in [4.78, 5) is 0. The Morgan fingerprint density at radius 1 is 1.35 bits per heavy atom. The maximum absolute atomic E-state index is 6.15. The Hall–Kier alpha value is -1.25. The molecule has 1 atom stereocenters. The molecule has 0 aliphatic carbocycles. The summed E-state index contributed by atoms with van der Waals surface area (Å²) in [5, 5.41) is 4.14. The second kappa shape index (κ2) is 5.39. The molecule has 1 aromatic carbocycles. The standard InChI is InChI=1S/C14H16ClNO/c1-10-12(4-3-5-13(10)15)14(16-2)8-11-6-7-17-9-11/h3-7,9,14,16H,8H2,1-2H3. The van der Waals surface area contributed by atoms with Crippen LogP contribution in [0.3, 0.4) is 0 Å². The highest BCUT2D eigenvalue weighted by Crippen LogP contribution is 2.26. The zero-order valence-electron chi connectivity index (χ0n) is 10.0. The van der Waals surface area contributed by atoms with Gasteiger partial charge in [-0.05, 0) is 49.2 Å². The van der Waals surface area contributed by atoms with Crippen LogP contribution in [0.2, 0.25) is 5.02 Å². The van der Waals surface area contributed by atoms with Crippen LogP contribution in [-0.2, 0) is 6.42 Å². The maximum Gasteiger partial charge on any atom is 0.0935 e. The molecule has 0 aliphatic heterocycles. The van der Waals surface area contributed by atoms with E-state index in [0.717, 1.165) is 17.0 Å². The largest absolute Gasteiger partial charge is 0.472 e. The van der Waals surface area contributed by atoms with Gasteiger partial charge in [0.2, 0.25) is 0 Å². The van der Waals surface area contributed by atoms with Gasteiger partial charge in [-0.15, -0.1) is 0 Å². The summed E-state index contributed by atoms with van der Waals surface area (Å²) >= 11 is 6.15. The van der Waals surface area contributed by atoms with Gasteiger partial charge in [0.15, 0.2) is 0 Å². The monoisotopic (exact) mass is 249 g/mol. The van der Waals surface area contributed by atoms with Crippen molar-refractivity contribution >= 4 is 11.6 Å². The number of benzene rings is 1. The van der Waals surface area contributed by atoms with E-state index in [9.17, 15) is 0 Å². The highest BCUT2D eigenvalue weighted by atomic mass is 35.5. The van der Waals surface area contributed by atoms with Crippen molar-refractivity contribution in [2.24, 2.45) is 0 Å². The average Bonchev–Trinajstić information content (AvgIpc) is 2.83. The zero-order valence-corrected chi connectivity index (χ0v) is 10.8. The first-order chi connectivity index (χ1) is 8.22. The van der Waals surface area contributed by atoms with Crippen LogP contribution in [0.4, 0.5) is 0 Å². The van der Waals surface area contributed by atoms with Gasteiger partial charge in [-0.1, -0.05) is 23.7 Å². The molecule has 0 saturated heterocycles. The summed E-state index contributed by atoms with van der Waals surface area (Å²) in [5.74, 6) is 0. The number of rotatable bonds is 4. The van der Waals surface area contributed by atoms with Gasteiger partial charge >= 0.3 is 0 Å². The van der Waals surface area contributed by atoms with E-state index >= 15 is 0 Å². The number of furan rings is 1. The zero-order chi connectivity index (χ0) is 12.3. The minimum absolute atomic E-state index is 0.256. The van der Waals surface area contributed by atoms with Crippen molar-refractivity contribution in [2.45, 2.75) is 19.4 Å². The molecule has 0 aliphatic rings. The van der Waals surface area contributed by atoms with E-state index in [4.69, 9.17) is 16.0 Å². The number of likely N-dealkylation sites (N-methyl/N-ethyl adjacent to an activating group) is 1. The summed E-state index contributed by atoms with van der Waals surface area (Å²) in [7, 11) is 1.96. The van der Waals surface area contributed by atoms with E-state index < -0.39 is 0 Å². The van der Waals surface area contributed by atoms with Crippen LogP contribution >= 0.6 is 11.6 Å². The van der Waals surface area contributed by atoms with E-state index in [1.165, 1.54) is 11.1 Å². The minimum Gasteiger partial charge on any atom is -0.472 e. The highest BCUT2D eigenvalue weighted by Gasteiger charge is 2.14. The molecule has 2 nitrogen and oxygen atoms in total. The van der Waals surface area contributed by atoms with Crippen LogP contribution in [-0.4, -0.2) is 7.05 Å². The van der Waals surface area contributed by atoms with Crippen molar-refractivity contribution in [1.82, 2.24) is 5.32 Å². The molecule has 0 spiro atoms. The first kappa shape index (κ1) is 12.2. The van der Waals surface area contributed by atoms with E-state index in [-0.39, 0.29) is 6.04 Å². The average molecular weight is 250 g/mol. The molecule has 90 valence electrons. The lowest BCUT2D eigenvalue weighted by molar-refractivity contribution is 0.551. The number of hydrogen-bond acceptors (Lipinski definition) is 2. The molecule has 1 N–H and O–H groups in total. The lowest BCUT2D eigenvalue weighted by Crippen LogP contribution is -2.19. The molecule has 0 bridgehead atoms. The minimum atomic E-state index is 0.256. The smallest absolute Gasteiger partial charge is 0.0935 e. The van der Waals surface area contributed by atoms with Gasteiger partial charge in [0.1, 0.15) is 0 Å². The van der Waals surface area contributed by atoms with Gasteiger partial charge in [0, 0.05) is 11.1 Å². The molecular weight excluding hydrogens is 234 g/mol. The van der Waals surface area contributed by atoms with Crippen LogP contribution in [0.1, 0.15) is 22.7 Å². The Bertz CT molecular complexity index is 479. The first-order valence-corrected chi connectivity index (χ1v) is 6.03. The second-order valence-corrected chi connectivity index (χ2v) is 4.54. The van der Waals surface area contributed by atoms with Gasteiger partial charge < -0.3 is 9.73 Å². The number of hydrogen-bond donors (Lipinski definition) is 1. The number of nitrogens with one attached hydrogen (secondary N) is 1. The van der Waals surface area contributed by atoms with E-state index in [1.807, 2.05) is 25.2 Å². The summed E-state index contributed by atoms with van der Waals surface area (Å²) in [6.45, 7) is 2.05. The quantitative estimate of drug-likeness (QED) is 0.893. The van der Waals surface area contributed by atoms with Gasteiger partial charge in [0.25, 0.3) is 0 Å². The van der Waals surface area contributed by atoms with Crippen LogP contribution < -0.4 is 5.32 Å². The molecular formula is C14H16ClNO. The Kier molecular flexibility index (Phi) is 3.87. The third-order valence-electron chi connectivity index (χ3n) is 3.05. The molecule has 0 saturated carbocycles. The predicted octanol–water partition coefficient (Wildman–Crippen LogP) is 3.74. The van der Waals surface area contributed by atoms with Crippen LogP contribution in [0, 0.1) is 6.92 Å². The van der Waals surface area contributed by atoms with Crippen molar-refractivity contribution in [2.75, 3.05) is 7.05 Å². The van der Waals surface area contributed by atoms with Crippen molar-refractivity contribution in [3.05, 3.63) is 58.5 Å². The van der Waals surface area contributed by atoms with Crippen molar-refractivity contribution in [3.63, 3.8) is 0 Å². The van der Waals surface area contributed by atoms with Crippen molar-refractivity contribution < 1.29 is 4.42 Å². The molecule has 0 radical (unpaired) electrons. The molecule has 17 heavy (non-hydrogen) atoms. The van der Waals surface area contributed by atoms with Crippen molar-refractivity contribution in [1.29, 1.82) is 0 Å². The fourth-order valence-electron chi connectivity index (χ4n) is 2.01. The molecule has 2 rings (SSSR count). The highest BCUT2D eigenvalue weighted by molar-refractivity contribution is 6.31.